The molecule has 3 rings (SSSR count). The smallest absolute Gasteiger partial charge is 0.214 e. The maximum atomic E-state index is 12.3. The Labute approximate surface area is 140 Å². The van der Waals surface area contributed by atoms with Gasteiger partial charge in [-0.1, -0.05) is 0 Å². The molecule has 2 atom stereocenters. The van der Waals surface area contributed by atoms with Crippen LogP contribution in [0.25, 0.3) is 0 Å². The van der Waals surface area contributed by atoms with E-state index in [1.54, 1.807) is 12.4 Å². The van der Waals surface area contributed by atoms with E-state index in [4.69, 9.17) is 9.47 Å². The van der Waals surface area contributed by atoms with E-state index in [9.17, 15) is 8.42 Å². The molecule has 130 valence electrons. The van der Waals surface area contributed by atoms with Crippen molar-refractivity contribution in [2.45, 2.75) is 44.8 Å². The zero-order valence-electron chi connectivity index (χ0n) is 13.2. The van der Waals surface area contributed by atoms with Gasteiger partial charge in [0.25, 0.3) is 0 Å². The minimum atomic E-state index is -3.41. The molecule has 1 aromatic heterocycles. The number of ether oxygens (including phenoxy) is 2. The van der Waals surface area contributed by atoms with Gasteiger partial charge in [0.2, 0.25) is 10.0 Å². The van der Waals surface area contributed by atoms with Crippen LogP contribution < -0.4 is 4.72 Å². The summed E-state index contributed by atoms with van der Waals surface area (Å²) in [6.45, 7) is 3.99. The van der Waals surface area contributed by atoms with Gasteiger partial charge in [0, 0.05) is 13.2 Å². The monoisotopic (exact) mass is 361 g/mol. The van der Waals surface area contributed by atoms with E-state index in [0.29, 0.717) is 11.6 Å². The Balaban J connectivity index is 1.51. The minimum absolute atomic E-state index is 0.00270. The molecule has 7 nitrogen and oxygen atoms in total. The SMILES string of the molecule is CC(NS(=O)(=O)CC1CCC2(CCOCC2)CO1)c1nncs1. The molecule has 3 heterocycles. The van der Waals surface area contributed by atoms with Crippen LogP contribution >= 0.6 is 11.3 Å². The van der Waals surface area contributed by atoms with Crippen LogP contribution in [-0.2, 0) is 19.5 Å². The largest absolute Gasteiger partial charge is 0.381 e. The zero-order chi connectivity index (χ0) is 16.3. The summed E-state index contributed by atoms with van der Waals surface area (Å²) in [5.41, 5.74) is 1.80. The molecule has 0 radical (unpaired) electrons. The van der Waals surface area contributed by atoms with Gasteiger partial charge in [-0.15, -0.1) is 21.5 Å². The molecule has 2 fully saturated rings. The minimum Gasteiger partial charge on any atom is -0.381 e. The van der Waals surface area contributed by atoms with Gasteiger partial charge < -0.3 is 9.47 Å². The third-order valence-electron chi connectivity index (χ3n) is 4.68. The molecule has 23 heavy (non-hydrogen) atoms. The summed E-state index contributed by atoms with van der Waals surface area (Å²) in [4.78, 5) is 0. The molecule has 2 aliphatic rings. The molecule has 2 aliphatic heterocycles. The van der Waals surface area contributed by atoms with Crippen LogP contribution in [-0.4, -0.2) is 50.3 Å². The molecule has 2 unspecified atom stereocenters. The molecule has 0 aliphatic carbocycles. The van der Waals surface area contributed by atoms with Crippen molar-refractivity contribution in [1.82, 2.24) is 14.9 Å². The summed E-state index contributed by atoms with van der Waals surface area (Å²) >= 11 is 1.34. The Morgan fingerprint density at radius 3 is 2.83 bits per heavy atom. The van der Waals surface area contributed by atoms with Crippen LogP contribution in [0, 0.1) is 5.41 Å². The summed E-state index contributed by atoms with van der Waals surface area (Å²) in [6.07, 6.45) is 3.59. The van der Waals surface area contributed by atoms with Crippen LogP contribution in [0.1, 0.15) is 43.7 Å². The van der Waals surface area contributed by atoms with E-state index in [2.05, 4.69) is 14.9 Å². The normalized spacial score (nSPS) is 26.2. The van der Waals surface area contributed by atoms with Gasteiger partial charge >= 0.3 is 0 Å². The molecule has 1 aromatic rings. The predicted molar refractivity (Wildman–Crippen MR) is 86.7 cm³/mol. The average Bonchev–Trinajstić information content (AvgIpc) is 3.05. The number of nitrogens with one attached hydrogen (secondary N) is 1. The van der Waals surface area contributed by atoms with Gasteiger partial charge in [0.1, 0.15) is 10.5 Å². The van der Waals surface area contributed by atoms with Crippen molar-refractivity contribution in [1.29, 1.82) is 0 Å². The summed E-state index contributed by atoms with van der Waals surface area (Å²) in [5.74, 6) is 0.00270. The summed E-state index contributed by atoms with van der Waals surface area (Å²) in [7, 11) is -3.41. The van der Waals surface area contributed by atoms with Crippen molar-refractivity contribution in [3.63, 3.8) is 0 Å². The zero-order valence-corrected chi connectivity index (χ0v) is 14.9. The number of rotatable bonds is 5. The Morgan fingerprint density at radius 1 is 1.43 bits per heavy atom. The first kappa shape index (κ1) is 17.2. The van der Waals surface area contributed by atoms with E-state index in [1.165, 1.54) is 11.3 Å². The summed E-state index contributed by atoms with van der Waals surface area (Å²) in [6, 6.07) is -0.363. The fourth-order valence-corrected chi connectivity index (χ4v) is 5.36. The molecular weight excluding hydrogens is 338 g/mol. The van der Waals surface area contributed by atoms with E-state index in [-0.39, 0.29) is 23.3 Å². The van der Waals surface area contributed by atoms with E-state index in [0.717, 1.165) is 38.9 Å². The van der Waals surface area contributed by atoms with Crippen molar-refractivity contribution >= 4 is 21.4 Å². The van der Waals surface area contributed by atoms with Gasteiger partial charge in [-0.25, -0.2) is 13.1 Å². The highest BCUT2D eigenvalue weighted by Crippen LogP contribution is 2.40. The van der Waals surface area contributed by atoms with Crippen LogP contribution in [0.5, 0.6) is 0 Å². The van der Waals surface area contributed by atoms with Crippen LogP contribution in [0.4, 0.5) is 0 Å². The topological polar surface area (TPSA) is 90.4 Å². The highest BCUT2D eigenvalue weighted by Gasteiger charge is 2.38. The van der Waals surface area contributed by atoms with Gasteiger partial charge in [-0.2, -0.15) is 0 Å². The highest BCUT2D eigenvalue weighted by atomic mass is 32.2. The lowest BCUT2D eigenvalue weighted by Crippen LogP contribution is -2.43. The first-order valence-corrected chi connectivity index (χ1v) is 10.5. The van der Waals surface area contributed by atoms with Crippen molar-refractivity contribution in [2.75, 3.05) is 25.6 Å². The fourth-order valence-electron chi connectivity index (χ4n) is 3.23. The molecule has 0 saturated carbocycles. The molecular formula is C14H23N3O4S2. The van der Waals surface area contributed by atoms with Crippen molar-refractivity contribution in [3.05, 3.63) is 10.5 Å². The highest BCUT2D eigenvalue weighted by molar-refractivity contribution is 7.89. The Bertz CT molecular complexity index is 590. The molecule has 1 N–H and O–H groups in total. The Hall–Kier alpha value is -0.610. The summed E-state index contributed by atoms with van der Waals surface area (Å²) < 4.78 is 38.6. The fraction of sp³-hybridized carbons (Fsp3) is 0.857. The van der Waals surface area contributed by atoms with Crippen molar-refractivity contribution in [2.24, 2.45) is 5.41 Å². The van der Waals surface area contributed by atoms with Crippen LogP contribution in [0.3, 0.4) is 0 Å². The molecule has 2 saturated heterocycles. The number of nitrogens with zero attached hydrogens (tertiary/aromatic N) is 2. The third-order valence-corrected chi connectivity index (χ3v) is 7.08. The van der Waals surface area contributed by atoms with Gasteiger partial charge in [0.05, 0.1) is 24.5 Å². The summed E-state index contributed by atoms with van der Waals surface area (Å²) in [5, 5.41) is 8.30. The lowest BCUT2D eigenvalue weighted by Gasteiger charge is -2.42. The molecule has 0 aromatic carbocycles. The van der Waals surface area contributed by atoms with E-state index < -0.39 is 10.0 Å². The maximum absolute atomic E-state index is 12.3. The van der Waals surface area contributed by atoms with Gasteiger partial charge in [-0.3, -0.25) is 0 Å². The molecule has 0 bridgehead atoms. The second-order valence-corrected chi connectivity index (χ2v) is 9.15. The standard InChI is InChI=1S/C14H23N3O4S2/c1-11(13-16-15-10-22-13)17-23(18,19)8-12-2-3-14(9-21-12)4-6-20-7-5-14/h10-12,17H,2-9H2,1H3. The van der Waals surface area contributed by atoms with Gasteiger partial charge in [0.15, 0.2) is 0 Å². The first-order valence-electron chi connectivity index (χ1n) is 7.93. The first-order chi connectivity index (χ1) is 11.0. The van der Waals surface area contributed by atoms with Gasteiger partial charge in [-0.05, 0) is 38.0 Å². The van der Waals surface area contributed by atoms with Crippen molar-refractivity contribution < 1.29 is 17.9 Å². The number of aromatic nitrogens is 2. The maximum Gasteiger partial charge on any atom is 0.214 e. The molecule has 1 spiro atoms. The second kappa shape index (κ2) is 7.10. The van der Waals surface area contributed by atoms with Crippen LogP contribution in [0.15, 0.2) is 5.51 Å². The second-order valence-electron chi connectivity index (χ2n) is 6.48. The predicted octanol–water partition coefficient (Wildman–Crippen LogP) is 1.49. The number of hydrogen-bond donors (Lipinski definition) is 1. The molecule has 9 heteroatoms. The average molecular weight is 361 g/mol. The van der Waals surface area contributed by atoms with Crippen LogP contribution in [0.2, 0.25) is 0 Å². The molecule has 0 amide bonds. The quantitative estimate of drug-likeness (QED) is 0.855. The third kappa shape index (κ3) is 4.48. The number of hydrogen-bond acceptors (Lipinski definition) is 7. The Kier molecular flexibility index (Phi) is 5.32. The van der Waals surface area contributed by atoms with E-state index in [1.807, 2.05) is 0 Å². The lowest BCUT2D eigenvalue weighted by atomic mass is 9.75. The lowest BCUT2D eigenvalue weighted by molar-refractivity contribution is -0.0984. The number of sulfonamides is 1. The Morgan fingerprint density at radius 2 is 2.22 bits per heavy atom. The van der Waals surface area contributed by atoms with Crippen molar-refractivity contribution in [3.8, 4) is 0 Å². The van der Waals surface area contributed by atoms with E-state index >= 15 is 0 Å².